The molecule has 1 spiro atoms. The Labute approximate surface area is 192 Å². The minimum atomic E-state index is -3.36. The highest BCUT2D eigenvalue weighted by Gasteiger charge is 2.51. The molecule has 0 N–H and O–H groups in total. The molecule has 3 aliphatic rings. The molecule has 0 aliphatic carbocycles. The van der Waals surface area contributed by atoms with Crippen LogP contribution in [0.25, 0.3) is 0 Å². The van der Waals surface area contributed by atoms with E-state index < -0.39 is 27.1 Å². The van der Waals surface area contributed by atoms with Gasteiger partial charge in [0.15, 0.2) is 15.9 Å². The maximum Gasteiger partial charge on any atom is 0.237 e. The van der Waals surface area contributed by atoms with Gasteiger partial charge in [-0.3, -0.25) is 4.79 Å². The fourth-order valence-corrected chi connectivity index (χ4v) is 5.48. The van der Waals surface area contributed by atoms with Gasteiger partial charge in [0, 0.05) is 12.7 Å². The second-order valence-electron chi connectivity index (χ2n) is 9.28. The van der Waals surface area contributed by atoms with E-state index in [2.05, 4.69) is 5.16 Å². The molecule has 33 heavy (non-hydrogen) atoms. The Kier molecular flexibility index (Phi) is 5.10. The van der Waals surface area contributed by atoms with E-state index in [1.165, 1.54) is 4.90 Å². The molecular weight excluding hydrogens is 447 g/mol. The molecule has 1 fully saturated rings. The number of sulfone groups is 1. The third-order valence-corrected chi connectivity index (χ3v) is 7.33. The zero-order valence-corrected chi connectivity index (χ0v) is 19.5. The Hall–Kier alpha value is -2.78. The van der Waals surface area contributed by atoms with Crippen molar-refractivity contribution in [2.45, 2.75) is 38.6 Å². The topological polar surface area (TPSA) is 85.3 Å². The molecule has 2 aromatic carbocycles. The molecule has 5 rings (SSSR count). The molecule has 1 atom stereocenters. The summed E-state index contributed by atoms with van der Waals surface area (Å²) in [6.07, 6.45) is 1.39. The second-order valence-corrected chi connectivity index (χ2v) is 11.4. The summed E-state index contributed by atoms with van der Waals surface area (Å²) in [7, 11) is -3.36. The zero-order chi connectivity index (χ0) is 23.5. The molecule has 0 aromatic heterocycles. The summed E-state index contributed by atoms with van der Waals surface area (Å²) in [6, 6.07) is 9.62. The SMILES string of the molecule is Cc1cc([C@@H]2CC(c3ccc4c(c3)COC43CN(C(=O)CS(C)(=O)=O)C3)=NO2)cc(C)c1F. The molecule has 174 valence electrons. The Morgan fingerprint density at radius 2 is 1.91 bits per heavy atom. The number of halogens is 1. The Morgan fingerprint density at radius 3 is 2.58 bits per heavy atom. The van der Waals surface area contributed by atoms with Gasteiger partial charge >= 0.3 is 0 Å². The van der Waals surface area contributed by atoms with Gasteiger partial charge in [0.2, 0.25) is 5.91 Å². The molecule has 1 amide bonds. The third-order valence-electron chi connectivity index (χ3n) is 6.56. The first-order valence-electron chi connectivity index (χ1n) is 10.8. The van der Waals surface area contributed by atoms with Crippen molar-refractivity contribution < 1.29 is 27.2 Å². The molecule has 0 radical (unpaired) electrons. The maximum absolute atomic E-state index is 14.0. The lowest BCUT2D eigenvalue weighted by atomic mass is 9.84. The largest absolute Gasteiger partial charge is 0.387 e. The van der Waals surface area contributed by atoms with Gasteiger partial charge in [-0.1, -0.05) is 17.3 Å². The van der Waals surface area contributed by atoms with Gasteiger partial charge in [-0.15, -0.1) is 0 Å². The first-order valence-corrected chi connectivity index (χ1v) is 12.8. The van der Waals surface area contributed by atoms with Gasteiger partial charge in [-0.25, -0.2) is 12.8 Å². The van der Waals surface area contributed by atoms with Crippen molar-refractivity contribution in [2.75, 3.05) is 25.1 Å². The van der Waals surface area contributed by atoms with E-state index >= 15 is 0 Å². The van der Waals surface area contributed by atoms with Crippen LogP contribution in [0.1, 0.15) is 45.9 Å². The normalized spacial score (nSPS) is 20.9. The number of ether oxygens (including phenoxy) is 1. The first kappa shape index (κ1) is 22.0. The van der Waals surface area contributed by atoms with Gasteiger partial charge in [-0.2, -0.15) is 0 Å². The lowest BCUT2D eigenvalue weighted by Crippen LogP contribution is -2.62. The zero-order valence-electron chi connectivity index (χ0n) is 18.7. The number of rotatable bonds is 4. The molecular formula is C24H25FN2O5S. The quantitative estimate of drug-likeness (QED) is 0.683. The molecule has 3 aliphatic heterocycles. The highest BCUT2D eigenvalue weighted by molar-refractivity contribution is 7.91. The van der Waals surface area contributed by atoms with E-state index in [4.69, 9.17) is 9.57 Å². The summed E-state index contributed by atoms with van der Waals surface area (Å²) in [5, 5.41) is 4.28. The molecule has 3 heterocycles. The van der Waals surface area contributed by atoms with Crippen molar-refractivity contribution in [1.29, 1.82) is 0 Å². The van der Waals surface area contributed by atoms with Crippen LogP contribution < -0.4 is 0 Å². The number of carbonyl (C=O) groups is 1. The van der Waals surface area contributed by atoms with E-state index in [1.807, 2.05) is 18.2 Å². The van der Waals surface area contributed by atoms with Crippen LogP contribution in [-0.2, 0) is 36.4 Å². The summed E-state index contributed by atoms with van der Waals surface area (Å²) < 4.78 is 42.8. The number of hydrogen-bond donors (Lipinski definition) is 0. The Balaban J connectivity index is 1.29. The first-order chi connectivity index (χ1) is 15.5. The minimum absolute atomic E-state index is 0.196. The molecule has 0 bridgehead atoms. The number of oxime groups is 1. The van der Waals surface area contributed by atoms with Crippen LogP contribution in [0.3, 0.4) is 0 Å². The summed E-state index contributed by atoms with van der Waals surface area (Å²) in [5.41, 5.74) is 5.33. The molecule has 1 saturated heterocycles. The number of likely N-dealkylation sites (tertiary alicyclic amines) is 1. The van der Waals surface area contributed by atoms with E-state index in [0.717, 1.165) is 34.2 Å². The lowest BCUT2D eigenvalue weighted by Gasteiger charge is -2.47. The predicted octanol–water partition coefficient (Wildman–Crippen LogP) is 2.92. The van der Waals surface area contributed by atoms with Gasteiger partial charge in [0.1, 0.15) is 17.2 Å². The fourth-order valence-electron chi connectivity index (χ4n) is 4.85. The van der Waals surface area contributed by atoms with Crippen molar-refractivity contribution in [1.82, 2.24) is 4.90 Å². The van der Waals surface area contributed by atoms with E-state index in [1.54, 1.807) is 26.0 Å². The van der Waals surface area contributed by atoms with Gasteiger partial charge in [0.05, 0.1) is 25.4 Å². The predicted molar refractivity (Wildman–Crippen MR) is 120 cm³/mol. The Bertz CT molecular complexity index is 1270. The van der Waals surface area contributed by atoms with E-state index in [0.29, 0.717) is 37.2 Å². The third kappa shape index (κ3) is 3.93. The van der Waals surface area contributed by atoms with Crippen LogP contribution in [0.4, 0.5) is 4.39 Å². The van der Waals surface area contributed by atoms with E-state index in [-0.39, 0.29) is 11.9 Å². The average Bonchev–Trinajstić information content (AvgIpc) is 3.34. The molecule has 9 heteroatoms. The smallest absolute Gasteiger partial charge is 0.237 e. The molecule has 7 nitrogen and oxygen atoms in total. The average molecular weight is 473 g/mol. The van der Waals surface area contributed by atoms with Crippen molar-refractivity contribution in [3.05, 3.63) is 69.5 Å². The monoisotopic (exact) mass is 472 g/mol. The van der Waals surface area contributed by atoms with Crippen molar-refractivity contribution in [3.63, 3.8) is 0 Å². The van der Waals surface area contributed by atoms with Crippen molar-refractivity contribution in [3.8, 4) is 0 Å². The van der Waals surface area contributed by atoms with Crippen molar-refractivity contribution in [2.24, 2.45) is 5.16 Å². The van der Waals surface area contributed by atoms with Crippen LogP contribution in [0.15, 0.2) is 35.5 Å². The van der Waals surface area contributed by atoms with Gasteiger partial charge in [-0.05, 0) is 65.4 Å². The van der Waals surface area contributed by atoms with E-state index in [9.17, 15) is 17.6 Å². The van der Waals surface area contributed by atoms with Crippen LogP contribution >= 0.6 is 0 Å². The van der Waals surface area contributed by atoms with Crippen LogP contribution in [0.2, 0.25) is 0 Å². The van der Waals surface area contributed by atoms with Gasteiger partial charge in [0.25, 0.3) is 0 Å². The van der Waals surface area contributed by atoms with Crippen LogP contribution in [0.5, 0.6) is 0 Å². The minimum Gasteiger partial charge on any atom is -0.387 e. The number of carbonyl (C=O) groups excluding carboxylic acids is 1. The number of nitrogens with zero attached hydrogens (tertiary/aromatic N) is 2. The summed E-state index contributed by atoms with van der Waals surface area (Å²) in [6.45, 7) is 4.61. The van der Waals surface area contributed by atoms with Crippen LogP contribution in [-0.4, -0.2) is 50.0 Å². The summed E-state index contributed by atoms with van der Waals surface area (Å²) in [5.74, 6) is -1.08. The molecule has 0 saturated carbocycles. The fraction of sp³-hybridized carbons (Fsp3) is 0.417. The molecule has 0 unspecified atom stereocenters. The van der Waals surface area contributed by atoms with Crippen molar-refractivity contribution >= 4 is 21.5 Å². The second kappa shape index (κ2) is 7.63. The van der Waals surface area contributed by atoms with Gasteiger partial charge < -0.3 is 14.5 Å². The number of fused-ring (bicyclic) bond motifs is 2. The van der Waals surface area contributed by atoms with Crippen LogP contribution in [0, 0.1) is 19.7 Å². The standard InChI is InChI=1S/C24H25FN2O5S/c1-14-6-17(7-15(2)23(14)25)21-9-20(26-32-21)16-4-5-19-18(8-16)10-31-24(19)12-27(13-24)22(28)11-33(3,29)30/h4-8,21H,9-13H2,1-3H3/t21-/m0/s1. The number of amides is 1. The summed E-state index contributed by atoms with van der Waals surface area (Å²) in [4.78, 5) is 19.4. The number of benzene rings is 2. The highest BCUT2D eigenvalue weighted by Crippen LogP contribution is 2.44. The maximum atomic E-state index is 14.0. The number of aryl methyl sites for hydroxylation is 2. The molecule has 2 aromatic rings. The highest BCUT2D eigenvalue weighted by atomic mass is 32.2. The Morgan fingerprint density at radius 1 is 1.21 bits per heavy atom. The number of hydrogen-bond acceptors (Lipinski definition) is 6. The summed E-state index contributed by atoms with van der Waals surface area (Å²) >= 11 is 0. The lowest BCUT2D eigenvalue weighted by molar-refractivity contribution is -0.166.